The molecule has 6 nitrogen and oxygen atoms in total. The Morgan fingerprint density at radius 2 is 1.88 bits per heavy atom. The Morgan fingerprint density at radius 3 is 2.66 bits per heavy atom. The molecule has 0 spiro atoms. The minimum absolute atomic E-state index is 0.0786. The molecule has 0 aliphatic carbocycles. The van der Waals surface area contributed by atoms with Crippen LogP contribution in [0.5, 0.6) is 0 Å². The van der Waals surface area contributed by atoms with E-state index in [0.717, 1.165) is 51.0 Å². The highest BCUT2D eigenvalue weighted by atomic mass is 16.6. The van der Waals surface area contributed by atoms with Crippen molar-refractivity contribution in [3.05, 3.63) is 60.2 Å². The van der Waals surface area contributed by atoms with Crippen LogP contribution in [0.3, 0.4) is 0 Å². The van der Waals surface area contributed by atoms with Crippen LogP contribution in [-0.4, -0.2) is 57.5 Å². The summed E-state index contributed by atoms with van der Waals surface area (Å²) in [4.78, 5) is 14.8. The van der Waals surface area contributed by atoms with Gasteiger partial charge in [0.2, 0.25) is 5.91 Å². The molecule has 0 aromatic heterocycles. The Labute approximate surface area is 191 Å². The lowest BCUT2D eigenvalue weighted by atomic mass is 10.0. The highest BCUT2D eigenvalue weighted by Gasteiger charge is 2.21. The third kappa shape index (κ3) is 7.05. The normalized spacial score (nSPS) is 19.6. The second-order valence-electron chi connectivity index (χ2n) is 8.67. The van der Waals surface area contributed by atoms with Crippen molar-refractivity contribution in [2.24, 2.45) is 0 Å². The van der Waals surface area contributed by atoms with Gasteiger partial charge in [0.15, 0.2) is 0 Å². The molecule has 2 aromatic carbocycles. The number of piperidine rings is 1. The largest absolute Gasteiger partial charge is 0.376 e. The van der Waals surface area contributed by atoms with Crippen molar-refractivity contribution in [3.63, 3.8) is 0 Å². The summed E-state index contributed by atoms with van der Waals surface area (Å²) in [6.45, 7) is 4.97. The lowest BCUT2D eigenvalue weighted by Crippen LogP contribution is -2.46. The average molecular weight is 438 g/mol. The summed E-state index contributed by atoms with van der Waals surface area (Å²) in [5.41, 5.74) is 3.33. The fourth-order valence-corrected chi connectivity index (χ4v) is 4.40. The number of carbonyl (C=O) groups excluding carboxylic acids is 1. The summed E-state index contributed by atoms with van der Waals surface area (Å²) in [7, 11) is 0. The predicted molar refractivity (Wildman–Crippen MR) is 128 cm³/mol. The Bertz CT molecular complexity index is 831. The lowest BCUT2D eigenvalue weighted by Gasteiger charge is -2.35. The Kier molecular flexibility index (Phi) is 8.54. The number of aryl methyl sites for hydroxylation is 1. The van der Waals surface area contributed by atoms with E-state index in [1.165, 1.54) is 11.3 Å². The minimum atomic E-state index is 0.0786. The zero-order valence-electron chi connectivity index (χ0n) is 18.8. The van der Waals surface area contributed by atoms with Gasteiger partial charge in [0.25, 0.3) is 0 Å². The Hall–Kier alpha value is -2.41. The van der Waals surface area contributed by atoms with E-state index in [4.69, 9.17) is 9.47 Å². The number of anilines is 2. The molecule has 2 N–H and O–H groups in total. The fraction of sp³-hybridized carbons (Fsp3) is 0.500. The zero-order valence-corrected chi connectivity index (χ0v) is 18.8. The third-order valence-electron chi connectivity index (χ3n) is 6.22. The van der Waals surface area contributed by atoms with E-state index in [1.54, 1.807) is 0 Å². The number of hydrogen-bond acceptors (Lipinski definition) is 5. The molecule has 1 atom stereocenters. The van der Waals surface area contributed by atoms with E-state index in [2.05, 4.69) is 39.8 Å². The van der Waals surface area contributed by atoms with Crippen LogP contribution in [0.15, 0.2) is 54.6 Å². The molecule has 2 heterocycles. The molecule has 2 fully saturated rings. The average Bonchev–Trinajstić information content (AvgIpc) is 2.84. The van der Waals surface area contributed by atoms with E-state index >= 15 is 0 Å². The summed E-state index contributed by atoms with van der Waals surface area (Å²) in [6.07, 6.45) is 4.69. The van der Waals surface area contributed by atoms with Crippen LogP contribution in [0.25, 0.3) is 0 Å². The first-order valence-electron chi connectivity index (χ1n) is 11.9. The van der Waals surface area contributed by atoms with Crippen LogP contribution < -0.4 is 15.5 Å². The number of benzene rings is 2. The van der Waals surface area contributed by atoms with Gasteiger partial charge in [-0.15, -0.1) is 0 Å². The summed E-state index contributed by atoms with van der Waals surface area (Å²) in [5.74, 6) is 0.0786. The van der Waals surface area contributed by atoms with Crippen molar-refractivity contribution in [3.8, 4) is 0 Å². The van der Waals surface area contributed by atoms with Crippen LogP contribution >= 0.6 is 0 Å². The van der Waals surface area contributed by atoms with Gasteiger partial charge in [-0.25, -0.2) is 0 Å². The van der Waals surface area contributed by atoms with Crippen molar-refractivity contribution in [2.45, 2.75) is 44.2 Å². The highest BCUT2D eigenvalue weighted by molar-refractivity contribution is 5.91. The van der Waals surface area contributed by atoms with Gasteiger partial charge >= 0.3 is 0 Å². The smallest absolute Gasteiger partial charge is 0.224 e. The molecule has 2 aliphatic heterocycles. The molecule has 172 valence electrons. The molecule has 32 heavy (non-hydrogen) atoms. The van der Waals surface area contributed by atoms with Crippen molar-refractivity contribution < 1.29 is 14.3 Å². The Morgan fingerprint density at radius 1 is 1.03 bits per heavy atom. The van der Waals surface area contributed by atoms with Gasteiger partial charge < -0.3 is 25.0 Å². The van der Waals surface area contributed by atoms with Gasteiger partial charge in [-0.1, -0.05) is 36.4 Å². The summed E-state index contributed by atoms with van der Waals surface area (Å²) in [6, 6.07) is 19.1. The van der Waals surface area contributed by atoms with E-state index in [0.29, 0.717) is 32.3 Å². The molecule has 0 radical (unpaired) electrons. The first-order chi connectivity index (χ1) is 15.8. The van der Waals surface area contributed by atoms with Crippen molar-refractivity contribution in [2.75, 3.05) is 49.7 Å². The summed E-state index contributed by atoms with van der Waals surface area (Å²) >= 11 is 0. The number of hydrogen-bond donors (Lipinski definition) is 2. The van der Waals surface area contributed by atoms with Gasteiger partial charge in [0, 0.05) is 43.5 Å². The fourth-order valence-electron chi connectivity index (χ4n) is 4.40. The van der Waals surface area contributed by atoms with Crippen LogP contribution in [0, 0.1) is 0 Å². The monoisotopic (exact) mass is 437 g/mol. The minimum Gasteiger partial charge on any atom is -0.376 e. The SMILES string of the molecule is O=C(CCCc1ccccc1)Nc1cccc(N2CCC(NCC3COCCO3)CC2)c1. The third-order valence-corrected chi connectivity index (χ3v) is 6.22. The first kappa shape index (κ1) is 22.8. The molecule has 6 heteroatoms. The second kappa shape index (κ2) is 12.0. The van der Waals surface area contributed by atoms with Crippen LogP contribution in [0.2, 0.25) is 0 Å². The first-order valence-corrected chi connectivity index (χ1v) is 11.9. The standard InChI is InChI=1S/C26H35N3O3/c30-26(11-4-8-21-6-2-1-3-7-21)28-23-9-5-10-24(18-23)29-14-12-22(13-15-29)27-19-25-20-31-16-17-32-25/h1-3,5-7,9-10,18,22,25,27H,4,8,11-17,19-20H2,(H,28,30). The molecule has 1 amide bonds. The number of nitrogens with one attached hydrogen (secondary N) is 2. The molecule has 1 unspecified atom stereocenters. The van der Waals surface area contributed by atoms with Gasteiger partial charge in [0.1, 0.15) is 0 Å². The number of ether oxygens (including phenoxy) is 2. The molecule has 2 saturated heterocycles. The quantitative estimate of drug-likeness (QED) is 0.627. The molecule has 0 bridgehead atoms. The molecule has 2 aromatic rings. The maximum Gasteiger partial charge on any atom is 0.224 e. The van der Waals surface area contributed by atoms with Crippen LogP contribution in [0.1, 0.15) is 31.2 Å². The van der Waals surface area contributed by atoms with Crippen LogP contribution in [0.4, 0.5) is 11.4 Å². The Balaban J connectivity index is 1.18. The summed E-state index contributed by atoms with van der Waals surface area (Å²) in [5, 5.41) is 6.71. The summed E-state index contributed by atoms with van der Waals surface area (Å²) < 4.78 is 11.2. The number of nitrogens with zero attached hydrogens (tertiary/aromatic N) is 1. The van der Waals surface area contributed by atoms with Gasteiger partial charge in [-0.05, 0) is 49.4 Å². The molecular weight excluding hydrogens is 402 g/mol. The molecule has 2 aliphatic rings. The van der Waals surface area contributed by atoms with Crippen molar-refractivity contribution in [1.29, 1.82) is 0 Å². The van der Waals surface area contributed by atoms with Gasteiger partial charge in [0.05, 0.1) is 25.9 Å². The maximum atomic E-state index is 12.4. The van der Waals surface area contributed by atoms with Gasteiger partial charge in [-0.2, -0.15) is 0 Å². The van der Waals surface area contributed by atoms with Crippen molar-refractivity contribution >= 4 is 17.3 Å². The molecular formula is C26H35N3O3. The van der Waals surface area contributed by atoms with E-state index in [-0.39, 0.29) is 12.0 Å². The van der Waals surface area contributed by atoms with E-state index in [9.17, 15) is 4.79 Å². The zero-order chi connectivity index (χ0) is 22.0. The van der Waals surface area contributed by atoms with E-state index in [1.807, 2.05) is 30.3 Å². The maximum absolute atomic E-state index is 12.4. The lowest BCUT2D eigenvalue weighted by molar-refractivity contribution is -0.116. The number of rotatable bonds is 9. The van der Waals surface area contributed by atoms with Gasteiger partial charge in [-0.3, -0.25) is 4.79 Å². The highest BCUT2D eigenvalue weighted by Crippen LogP contribution is 2.23. The van der Waals surface area contributed by atoms with Crippen molar-refractivity contribution in [1.82, 2.24) is 5.32 Å². The predicted octanol–water partition coefficient (Wildman–Crippen LogP) is 3.62. The van der Waals surface area contributed by atoms with E-state index < -0.39 is 0 Å². The second-order valence-corrected chi connectivity index (χ2v) is 8.67. The van der Waals surface area contributed by atoms with Crippen LogP contribution in [-0.2, 0) is 20.7 Å². The molecule has 0 saturated carbocycles. The number of amides is 1. The molecule has 4 rings (SSSR count). The topological polar surface area (TPSA) is 62.8 Å². The number of carbonyl (C=O) groups is 1.